The zero-order chi connectivity index (χ0) is 15.8. The monoisotopic (exact) mass is 293 g/mol. The summed E-state index contributed by atoms with van der Waals surface area (Å²) in [7, 11) is 0. The summed E-state index contributed by atoms with van der Waals surface area (Å²) in [6.45, 7) is 3.83. The van der Waals surface area contributed by atoms with Crippen molar-refractivity contribution in [3.05, 3.63) is 35.9 Å². The Bertz CT molecular complexity index is 459. The van der Waals surface area contributed by atoms with Crippen molar-refractivity contribution in [2.75, 3.05) is 0 Å². The van der Waals surface area contributed by atoms with E-state index in [-0.39, 0.29) is 5.92 Å². The standard InChI is InChI=1S/C16H23NO4/c1-11(2)10-14(16(20)21)17-13(15(18)19)9-8-12-6-4-3-5-7-12/h3-7,11,13-14,17H,8-10H2,1-2H3,(H,18,19)(H,20,21)/t13?,14-/m1/s1. The van der Waals surface area contributed by atoms with Gasteiger partial charge in [-0.3, -0.25) is 14.9 Å². The van der Waals surface area contributed by atoms with Gasteiger partial charge in [0.2, 0.25) is 0 Å². The first-order valence-electron chi connectivity index (χ1n) is 7.15. The molecule has 0 aliphatic carbocycles. The van der Waals surface area contributed by atoms with E-state index in [0.29, 0.717) is 19.3 Å². The number of hydrogen-bond donors (Lipinski definition) is 3. The summed E-state index contributed by atoms with van der Waals surface area (Å²) in [5, 5.41) is 21.2. The summed E-state index contributed by atoms with van der Waals surface area (Å²) >= 11 is 0. The highest BCUT2D eigenvalue weighted by atomic mass is 16.4. The summed E-state index contributed by atoms with van der Waals surface area (Å²) in [6, 6.07) is 7.88. The fraction of sp³-hybridized carbons (Fsp3) is 0.500. The number of carboxylic acids is 2. The normalized spacial score (nSPS) is 13.9. The highest BCUT2D eigenvalue weighted by Gasteiger charge is 2.26. The molecule has 3 N–H and O–H groups in total. The molecule has 1 aromatic carbocycles. The average molecular weight is 293 g/mol. The van der Waals surface area contributed by atoms with Crippen LogP contribution < -0.4 is 5.32 Å². The number of hydrogen-bond acceptors (Lipinski definition) is 3. The molecule has 0 heterocycles. The third kappa shape index (κ3) is 6.40. The molecular formula is C16H23NO4. The summed E-state index contributed by atoms with van der Waals surface area (Å²) < 4.78 is 0. The van der Waals surface area contributed by atoms with Gasteiger partial charge in [0, 0.05) is 0 Å². The van der Waals surface area contributed by atoms with Gasteiger partial charge in [-0.25, -0.2) is 0 Å². The van der Waals surface area contributed by atoms with Crippen molar-refractivity contribution in [1.29, 1.82) is 0 Å². The molecule has 1 aromatic rings. The molecule has 5 nitrogen and oxygen atoms in total. The lowest BCUT2D eigenvalue weighted by Crippen LogP contribution is -2.47. The lowest BCUT2D eigenvalue weighted by atomic mass is 10.0. The lowest BCUT2D eigenvalue weighted by Gasteiger charge is -2.21. The van der Waals surface area contributed by atoms with Crippen LogP contribution >= 0.6 is 0 Å². The molecule has 0 saturated carbocycles. The Morgan fingerprint density at radius 3 is 2.10 bits per heavy atom. The van der Waals surface area contributed by atoms with Crippen LogP contribution in [0.15, 0.2) is 30.3 Å². The van der Waals surface area contributed by atoms with Crippen molar-refractivity contribution >= 4 is 11.9 Å². The maximum absolute atomic E-state index is 11.3. The zero-order valence-corrected chi connectivity index (χ0v) is 12.5. The zero-order valence-electron chi connectivity index (χ0n) is 12.5. The van der Waals surface area contributed by atoms with E-state index in [1.807, 2.05) is 44.2 Å². The molecule has 116 valence electrons. The predicted molar refractivity (Wildman–Crippen MR) is 80.2 cm³/mol. The summed E-state index contributed by atoms with van der Waals surface area (Å²) in [6.07, 6.45) is 1.37. The van der Waals surface area contributed by atoms with Gasteiger partial charge in [0.15, 0.2) is 0 Å². The number of benzene rings is 1. The third-order valence-electron chi connectivity index (χ3n) is 3.27. The van der Waals surface area contributed by atoms with Gasteiger partial charge in [-0.15, -0.1) is 0 Å². The van der Waals surface area contributed by atoms with Crippen molar-refractivity contribution in [3.8, 4) is 0 Å². The van der Waals surface area contributed by atoms with Crippen molar-refractivity contribution in [2.45, 2.75) is 45.2 Å². The molecule has 5 heteroatoms. The second kappa shape index (κ2) is 8.42. The largest absolute Gasteiger partial charge is 0.480 e. The van der Waals surface area contributed by atoms with Crippen LogP contribution in [0.25, 0.3) is 0 Å². The highest BCUT2D eigenvalue weighted by Crippen LogP contribution is 2.10. The van der Waals surface area contributed by atoms with E-state index in [0.717, 1.165) is 5.56 Å². The SMILES string of the molecule is CC(C)C[C@@H](NC(CCc1ccccc1)C(=O)O)C(=O)O. The number of carbonyl (C=O) groups is 2. The maximum atomic E-state index is 11.3. The first-order chi connectivity index (χ1) is 9.90. The lowest BCUT2D eigenvalue weighted by molar-refractivity contribution is -0.143. The molecule has 21 heavy (non-hydrogen) atoms. The number of aliphatic carboxylic acids is 2. The Kier molecular flexibility index (Phi) is 6.88. The Hall–Kier alpha value is -1.88. The van der Waals surface area contributed by atoms with Crippen LogP contribution in [0.2, 0.25) is 0 Å². The molecule has 0 radical (unpaired) electrons. The summed E-state index contributed by atoms with van der Waals surface area (Å²) in [4.78, 5) is 22.5. The molecule has 0 aliphatic heterocycles. The minimum Gasteiger partial charge on any atom is -0.480 e. The fourth-order valence-electron chi connectivity index (χ4n) is 2.19. The molecule has 0 fully saturated rings. The van der Waals surface area contributed by atoms with E-state index < -0.39 is 24.0 Å². The van der Waals surface area contributed by atoms with Gasteiger partial charge in [0.1, 0.15) is 12.1 Å². The Morgan fingerprint density at radius 2 is 1.62 bits per heavy atom. The van der Waals surface area contributed by atoms with Gasteiger partial charge >= 0.3 is 11.9 Å². The topological polar surface area (TPSA) is 86.6 Å². The second-order valence-electron chi connectivity index (χ2n) is 5.60. The van der Waals surface area contributed by atoms with Gasteiger partial charge in [-0.05, 0) is 30.7 Å². The molecule has 0 saturated heterocycles. The quantitative estimate of drug-likeness (QED) is 0.649. The number of rotatable bonds is 9. The Labute approximate surface area is 125 Å². The fourth-order valence-corrected chi connectivity index (χ4v) is 2.19. The van der Waals surface area contributed by atoms with Gasteiger partial charge < -0.3 is 10.2 Å². The first kappa shape index (κ1) is 17.2. The van der Waals surface area contributed by atoms with Crippen molar-refractivity contribution in [3.63, 3.8) is 0 Å². The van der Waals surface area contributed by atoms with E-state index in [9.17, 15) is 19.8 Å². The van der Waals surface area contributed by atoms with E-state index in [1.54, 1.807) is 0 Å². The van der Waals surface area contributed by atoms with Crippen molar-refractivity contribution in [2.24, 2.45) is 5.92 Å². The molecule has 0 amide bonds. The van der Waals surface area contributed by atoms with Gasteiger partial charge in [0.25, 0.3) is 0 Å². The predicted octanol–water partition coefficient (Wildman–Crippen LogP) is 2.16. The van der Waals surface area contributed by atoms with Crippen LogP contribution in [0.5, 0.6) is 0 Å². The van der Waals surface area contributed by atoms with E-state index >= 15 is 0 Å². The molecule has 1 unspecified atom stereocenters. The molecule has 0 aliphatic rings. The van der Waals surface area contributed by atoms with Gasteiger partial charge in [-0.1, -0.05) is 44.2 Å². The van der Waals surface area contributed by atoms with E-state index in [4.69, 9.17) is 0 Å². The molecule has 0 spiro atoms. The molecular weight excluding hydrogens is 270 g/mol. The van der Waals surface area contributed by atoms with Crippen molar-refractivity contribution < 1.29 is 19.8 Å². The minimum absolute atomic E-state index is 0.183. The number of aryl methyl sites for hydroxylation is 1. The number of nitrogens with one attached hydrogen (secondary N) is 1. The van der Waals surface area contributed by atoms with Gasteiger partial charge in [-0.2, -0.15) is 0 Å². The van der Waals surface area contributed by atoms with E-state index in [1.165, 1.54) is 0 Å². The van der Waals surface area contributed by atoms with Crippen LogP contribution in [0, 0.1) is 5.92 Å². The third-order valence-corrected chi connectivity index (χ3v) is 3.27. The van der Waals surface area contributed by atoms with Crippen molar-refractivity contribution in [1.82, 2.24) is 5.32 Å². The summed E-state index contributed by atoms with van der Waals surface area (Å²) in [5.74, 6) is -1.84. The smallest absolute Gasteiger partial charge is 0.320 e. The average Bonchev–Trinajstić information content (AvgIpc) is 2.42. The Balaban J connectivity index is 2.63. The van der Waals surface area contributed by atoms with Crippen LogP contribution in [-0.2, 0) is 16.0 Å². The molecule has 2 atom stereocenters. The number of carboxylic acid groups (broad SMARTS) is 2. The first-order valence-corrected chi connectivity index (χ1v) is 7.15. The molecule has 0 bridgehead atoms. The highest BCUT2D eigenvalue weighted by molar-refractivity contribution is 5.77. The van der Waals surface area contributed by atoms with Crippen LogP contribution in [-0.4, -0.2) is 34.2 Å². The van der Waals surface area contributed by atoms with Crippen LogP contribution in [0.1, 0.15) is 32.3 Å². The Morgan fingerprint density at radius 1 is 1.05 bits per heavy atom. The molecule has 0 aromatic heterocycles. The maximum Gasteiger partial charge on any atom is 0.320 e. The van der Waals surface area contributed by atoms with Crippen LogP contribution in [0.4, 0.5) is 0 Å². The molecule has 1 rings (SSSR count). The van der Waals surface area contributed by atoms with Crippen LogP contribution in [0.3, 0.4) is 0 Å². The van der Waals surface area contributed by atoms with E-state index in [2.05, 4.69) is 5.32 Å². The van der Waals surface area contributed by atoms with Gasteiger partial charge in [0.05, 0.1) is 0 Å². The summed E-state index contributed by atoms with van der Waals surface area (Å²) in [5.41, 5.74) is 1.04. The minimum atomic E-state index is -1.01. The second-order valence-corrected chi connectivity index (χ2v) is 5.60.